The van der Waals surface area contributed by atoms with E-state index in [2.05, 4.69) is 4.98 Å². The zero-order valence-electron chi connectivity index (χ0n) is 10.1. The summed E-state index contributed by atoms with van der Waals surface area (Å²) < 4.78 is 22.4. The van der Waals surface area contributed by atoms with Crippen LogP contribution < -0.4 is 4.65 Å². The number of nitrogens with zero attached hydrogens (tertiary/aromatic N) is 3. The molecule has 0 bridgehead atoms. The Morgan fingerprint density at radius 3 is 2.89 bits per heavy atom. The van der Waals surface area contributed by atoms with E-state index >= 15 is 0 Å². The van der Waals surface area contributed by atoms with Crippen LogP contribution in [0.2, 0.25) is 0 Å². The van der Waals surface area contributed by atoms with Crippen LogP contribution in [0.1, 0.15) is 6.92 Å². The Hall–Kier alpha value is -0.580. The molecule has 102 valence electrons. The van der Waals surface area contributed by atoms with Crippen molar-refractivity contribution < 1.29 is 13.5 Å². The van der Waals surface area contributed by atoms with E-state index in [0.29, 0.717) is 0 Å². The number of thiazole rings is 1. The van der Waals surface area contributed by atoms with Crippen LogP contribution in [0.15, 0.2) is 10.4 Å². The van der Waals surface area contributed by atoms with Gasteiger partial charge < -0.3 is 10.3 Å². The predicted octanol–water partition coefficient (Wildman–Crippen LogP) is -0.0369. The van der Waals surface area contributed by atoms with Gasteiger partial charge in [-0.1, -0.05) is 6.92 Å². The number of β-amino-alcohol motifs (C(OH)–C–C–N with tert-alkyl or cyclic N) is 1. The second-order valence-corrected chi connectivity index (χ2v) is 7.84. The standard InChI is InChI=1S/C9H15N3O4S2/c1-3-18(15,16)8-4-10-9(17-8)12(14)6-11(2)5-7(12)13/h4,7,13H,3,5-6H2,1-2H3. The molecule has 0 amide bonds. The maximum atomic E-state index is 12.5. The van der Waals surface area contributed by atoms with Crippen molar-refractivity contribution in [3.63, 3.8) is 0 Å². The molecular formula is C9H15N3O4S2. The summed E-state index contributed by atoms with van der Waals surface area (Å²) in [6.07, 6.45) is 0.0697. The fourth-order valence-corrected chi connectivity index (χ4v) is 4.13. The number of hydroxylamine groups is 2. The molecule has 0 radical (unpaired) electrons. The van der Waals surface area contributed by atoms with E-state index in [1.807, 2.05) is 0 Å². The zero-order valence-corrected chi connectivity index (χ0v) is 11.7. The van der Waals surface area contributed by atoms with Gasteiger partial charge in [-0.2, -0.15) is 4.98 Å². The minimum Gasteiger partial charge on any atom is -0.623 e. The molecule has 9 heteroatoms. The third-order valence-electron chi connectivity index (χ3n) is 2.89. The number of rotatable bonds is 3. The summed E-state index contributed by atoms with van der Waals surface area (Å²) in [7, 11) is -1.63. The van der Waals surface area contributed by atoms with Crippen LogP contribution in [-0.4, -0.2) is 55.7 Å². The van der Waals surface area contributed by atoms with Crippen molar-refractivity contribution in [1.82, 2.24) is 14.5 Å². The maximum absolute atomic E-state index is 12.5. The molecule has 7 nitrogen and oxygen atoms in total. The van der Waals surface area contributed by atoms with E-state index in [1.165, 1.54) is 13.1 Å². The maximum Gasteiger partial charge on any atom is 0.290 e. The van der Waals surface area contributed by atoms with Gasteiger partial charge in [-0.05, 0) is 18.4 Å². The molecule has 1 fully saturated rings. The molecule has 0 spiro atoms. The number of sulfone groups is 1. The van der Waals surface area contributed by atoms with Crippen molar-refractivity contribution in [2.45, 2.75) is 17.4 Å². The Bertz CT molecular complexity index is 544. The van der Waals surface area contributed by atoms with E-state index in [9.17, 15) is 18.7 Å². The summed E-state index contributed by atoms with van der Waals surface area (Å²) >= 11 is 0.840. The molecular weight excluding hydrogens is 278 g/mol. The Labute approximate surface area is 109 Å². The van der Waals surface area contributed by atoms with Gasteiger partial charge in [-0.3, -0.25) is 9.55 Å². The lowest BCUT2D eigenvalue weighted by Crippen LogP contribution is -2.48. The minimum absolute atomic E-state index is 0.0318. The molecule has 1 saturated heterocycles. The third-order valence-corrected chi connectivity index (χ3v) is 6.28. The van der Waals surface area contributed by atoms with Crippen LogP contribution in [0.25, 0.3) is 0 Å². The number of quaternary nitrogens is 1. The molecule has 2 unspecified atom stereocenters. The molecule has 2 heterocycles. The highest BCUT2D eigenvalue weighted by molar-refractivity contribution is 7.93. The van der Waals surface area contributed by atoms with Crippen molar-refractivity contribution >= 4 is 26.3 Å². The summed E-state index contributed by atoms with van der Waals surface area (Å²) in [4.78, 5) is 5.57. The summed E-state index contributed by atoms with van der Waals surface area (Å²) in [5.41, 5.74) is 0. The molecule has 0 aromatic carbocycles. The topological polar surface area (TPSA) is 93.6 Å². The van der Waals surface area contributed by atoms with E-state index in [0.717, 1.165) is 11.3 Å². The number of likely N-dealkylation sites (N-methyl/N-ethyl adjacent to an activating group) is 1. The quantitative estimate of drug-likeness (QED) is 0.621. The van der Waals surface area contributed by atoms with Gasteiger partial charge in [0.2, 0.25) is 6.23 Å². The van der Waals surface area contributed by atoms with Gasteiger partial charge >= 0.3 is 0 Å². The van der Waals surface area contributed by atoms with E-state index in [1.54, 1.807) is 11.9 Å². The number of hydrogen-bond acceptors (Lipinski definition) is 7. The first-order chi connectivity index (χ1) is 8.29. The summed E-state index contributed by atoms with van der Waals surface area (Å²) in [5.74, 6) is -0.0318. The van der Waals surface area contributed by atoms with Crippen molar-refractivity contribution in [3.05, 3.63) is 11.4 Å². The third kappa shape index (κ3) is 2.17. The summed E-state index contributed by atoms with van der Waals surface area (Å²) in [6, 6.07) is 0. The van der Waals surface area contributed by atoms with Gasteiger partial charge in [0.15, 0.2) is 9.84 Å². The van der Waals surface area contributed by atoms with Crippen LogP contribution >= 0.6 is 11.3 Å². The van der Waals surface area contributed by atoms with Gasteiger partial charge in [-0.15, -0.1) is 0 Å². The van der Waals surface area contributed by atoms with Crippen LogP contribution in [0.3, 0.4) is 0 Å². The number of aromatic nitrogens is 1. The van der Waals surface area contributed by atoms with Gasteiger partial charge in [-0.25, -0.2) is 8.42 Å². The van der Waals surface area contributed by atoms with Crippen LogP contribution in [0.4, 0.5) is 5.13 Å². The lowest BCUT2D eigenvalue weighted by molar-refractivity contribution is 0.0848. The zero-order chi connectivity index (χ0) is 13.6. The van der Waals surface area contributed by atoms with Crippen molar-refractivity contribution in [2.75, 3.05) is 26.0 Å². The molecule has 2 atom stereocenters. The van der Waals surface area contributed by atoms with Crippen LogP contribution in [0.5, 0.6) is 0 Å². The van der Waals surface area contributed by atoms with Crippen molar-refractivity contribution in [3.8, 4) is 0 Å². The molecule has 2 rings (SSSR count). The molecule has 1 aliphatic rings. The lowest BCUT2D eigenvalue weighted by atomic mass is 10.5. The monoisotopic (exact) mass is 293 g/mol. The smallest absolute Gasteiger partial charge is 0.290 e. The Kier molecular flexibility index (Phi) is 3.47. The van der Waals surface area contributed by atoms with Crippen molar-refractivity contribution in [2.24, 2.45) is 0 Å². The molecule has 1 N–H and O–H groups in total. The SMILES string of the molecule is CCS(=O)(=O)c1cnc([N+]2([O-])CN(C)CC2O)s1. The molecule has 1 aliphatic heterocycles. The summed E-state index contributed by atoms with van der Waals surface area (Å²) in [6.45, 7) is 1.86. The van der Waals surface area contributed by atoms with E-state index in [4.69, 9.17) is 0 Å². The fourth-order valence-electron chi connectivity index (χ4n) is 1.82. The molecule has 1 aromatic heterocycles. The fraction of sp³-hybridized carbons (Fsp3) is 0.667. The summed E-state index contributed by atoms with van der Waals surface area (Å²) in [5, 5.41) is 22.3. The van der Waals surface area contributed by atoms with E-state index in [-0.39, 0.29) is 28.3 Å². The van der Waals surface area contributed by atoms with Gasteiger partial charge in [0.05, 0.1) is 18.5 Å². The Morgan fingerprint density at radius 1 is 1.72 bits per heavy atom. The lowest BCUT2D eigenvalue weighted by Gasteiger charge is -2.36. The van der Waals surface area contributed by atoms with Crippen molar-refractivity contribution in [1.29, 1.82) is 0 Å². The van der Waals surface area contributed by atoms with Gasteiger partial charge in [0.25, 0.3) is 5.13 Å². The first-order valence-electron chi connectivity index (χ1n) is 5.44. The first kappa shape index (κ1) is 13.8. The van der Waals surface area contributed by atoms with Crippen LogP contribution in [0, 0.1) is 5.21 Å². The van der Waals surface area contributed by atoms with Gasteiger partial charge in [0.1, 0.15) is 10.9 Å². The number of hydrogen-bond donors (Lipinski definition) is 1. The predicted molar refractivity (Wildman–Crippen MR) is 68.5 cm³/mol. The molecule has 0 aliphatic carbocycles. The number of aliphatic hydroxyl groups is 1. The average Bonchev–Trinajstić information content (AvgIpc) is 2.86. The highest BCUT2D eigenvalue weighted by Crippen LogP contribution is 2.35. The molecule has 0 saturated carbocycles. The largest absolute Gasteiger partial charge is 0.623 e. The highest BCUT2D eigenvalue weighted by atomic mass is 32.2. The Balaban J connectivity index is 2.36. The first-order valence-corrected chi connectivity index (χ1v) is 7.91. The van der Waals surface area contributed by atoms with E-state index < -0.39 is 20.7 Å². The average molecular weight is 293 g/mol. The highest BCUT2D eigenvalue weighted by Gasteiger charge is 2.41. The second kappa shape index (κ2) is 4.51. The second-order valence-electron chi connectivity index (χ2n) is 4.32. The van der Waals surface area contributed by atoms with Crippen LogP contribution in [-0.2, 0) is 9.84 Å². The minimum atomic E-state index is -3.35. The molecule has 1 aromatic rings. The normalized spacial score (nSPS) is 29.9. The number of aliphatic hydroxyl groups excluding tert-OH is 1. The van der Waals surface area contributed by atoms with Gasteiger partial charge in [0, 0.05) is 0 Å². The Morgan fingerprint density at radius 2 is 2.39 bits per heavy atom. The molecule has 18 heavy (non-hydrogen) atoms.